The van der Waals surface area contributed by atoms with Gasteiger partial charge in [-0.05, 0) is 58.8 Å². The molecule has 20 heavy (non-hydrogen) atoms. The summed E-state index contributed by atoms with van der Waals surface area (Å²) < 4.78 is 13.7. The van der Waals surface area contributed by atoms with Gasteiger partial charge < -0.3 is 10.4 Å². The van der Waals surface area contributed by atoms with Gasteiger partial charge in [0.1, 0.15) is 5.82 Å². The Morgan fingerprint density at radius 1 is 1.35 bits per heavy atom. The van der Waals surface area contributed by atoms with Crippen molar-refractivity contribution in [3.8, 4) is 0 Å². The Morgan fingerprint density at radius 3 is 2.70 bits per heavy atom. The van der Waals surface area contributed by atoms with Gasteiger partial charge in [-0.2, -0.15) is 0 Å². The first-order valence-electron chi connectivity index (χ1n) is 6.96. The molecule has 1 fully saturated rings. The molecule has 1 saturated carbocycles. The van der Waals surface area contributed by atoms with Gasteiger partial charge in [0.05, 0.1) is 4.47 Å². The Kier molecular flexibility index (Phi) is 5.54. The zero-order valence-corrected chi connectivity index (χ0v) is 12.8. The van der Waals surface area contributed by atoms with Gasteiger partial charge in [0, 0.05) is 18.7 Å². The molecule has 1 aliphatic rings. The van der Waals surface area contributed by atoms with Crippen LogP contribution >= 0.6 is 15.9 Å². The summed E-state index contributed by atoms with van der Waals surface area (Å²) in [4.78, 5) is 12.0. The summed E-state index contributed by atoms with van der Waals surface area (Å²) in [6.07, 6.45) is 4.34. The minimum atomic E-state index is -0.441. The monoisotopic (exact) mass is 343 g/mol. The largest absolute Gasteiger partial charge is 0.396 e. The van der Waals surface area contributed by atoms with Crippen molar-refractivity contribution < 1.29 is 14.3 Å². The van der Waals surface area contributed by atoms with Crippen LogP contribution in [0, 0.1) is 17.7 Å². The van der Waals surface area contributed by atoms with Gasteiger partial charge in [-0.3, -0.25) is 4.79 Å². The normalized spacial score (nSPS) is 22.6. The van der Waals surface area contributed by atoms with Crippen LogP contribution in [0.2, 0.25) is 0 Å². The molecule has 0 bridgehead atoms. The quantitative estimate of drug-likeness (QED) is 0.882. The van der Waals surface area contributed by atoms with Crippen LogP contribution in [0.1, 0.15) is 36.0 Å². The van der Waals surface area contributed by atoms with Gasteiger partial charge in [0.25, 0.3) is 5.91 Å². The molecule has 110 valence electrons. The fourth-order valence-electron chi connectivity index (χ4n) is 2.76. The number of carbonyl (C=O) groups excluding carboxylic acids is 1. The number of nitrogens with one attached hydrogen (secondary N) is 1. The van der Waals surface area contributed by atoms with Crippen LogP contribution in [-0.4, -0.2) is 24.2 Å². The molecule has 0 saturated heterocycles. The second-order valence-corrected chi connectivity index (χ2v) is 6.18. The molecule has 0 radical (unpaired) electrons. The summed E-state index contributed by atoms with van der Waals surface area (Å²) in [5.74, 6) is -0.120. The molecule has 0 aromatic heterocycles. The van der Waals surface area contributed by atoms with E-state index in [0.717, 1.165) is 25.7 Å². The third kappa shape index (κ3) is 3.79. The Labute approximate surface area is 126 Å². The number of aliphatic hydroxyl groups excluding tert-OH is 1. The van der Waals surface area contributed by atoms with E-state index in [1.807, 2.05) is 0 Å². The minimum Gasteiger partial charge on any atom is -0.396 e. The number of carbonyl (C=O) groups is 1. The van der Waals surface area contributed by atoms with E-state index in [1.54, 1.807) is 6.07 Å². The van der Waals surface area contributed by atoms with Crippen molar-refractivity contribution in [2.24, 2.45) is 11.8 Å². The number of hydrogen-bond acceptors (Lipinski definition) is 2. The van der Waals surface area contributed by atoms with Gasteiger partial charge in [-0.25, -0.2) is 4.39 Å². The first-order valence-corrected chi connectivity index (χ1v) is 7.75. The molecule has 1 amide bonds. The van der Waals surface area contributed by atoms with E-state index < -0.39 is 5.82 Å². The molecule has 2 rings (SSSR count). The van der Waals surface area contributed by atoms with Crippen molar-refractivity contribution in [3.63, 3.8) is 0 Å². The predicted molar refractivity (Wildman–Crippen MR) is 79.0 cm³/mol. The van der Waals surface area contributed by atoms with Crippen molar-refractivity contribution in [2.75, 3.05) is 13.2 Å². The highest BCUT2D eigenvalue weighted by atomic mass is 79.9. The fourth-order valence-corrected chi connectivity index (χ4v) is 3.00. The SMILES string of the molecule is O=C(NCC1CCCCC1CO)c1ccc(Br)c(F)c1. The second-order valence-electron chi connectivity index (χ2n) is 5.33. The van der Waals surface area contributed by atoms with E-state index in [4.69, 9.17) is 0 Å². The molecule has 2 N–H and O–H groups in total. The zero-order chi connectivity index (χ0) is 14.5. The maximum absolute atomic E-state index is 13.4. The molecule has 2 unspecified atom stereocenters. The van der Waals surface area contributed by atoms with Crippen LogP contribution in [0.5, 0.6) is 0 Å². The maximum Gasteiger partial charge on any atom is 0.251 e. The molecular weight excluding hydrogens is 325 g/mol. The molecule has 0 heterocycles. The van der Waals surface area contributed by atoms with E-state index >= 15 is 0 Å². The van der Waals surface area contributed by atoms with Crippen LogP contribution in [-0.2, 0) is 0 Å². The molecule has 0 aliphatic heterocycles. The van der Waals surface area contributed by atoms with Crippen molar-refractivity contribution in [3.05, 3.63) is 34.1 Å². The Bertz CT molecular complexity index is 481. The molecule has 5 heteroatoms. The highest BCUT2D eigenvalue weighted by molar-refractivity contribution is 9.10. The maximum atomic E-state index is 13.4. The third-order valence-corrected chi connectivity index (χ3v) is 4.65. The first-order chi connectivity index (χ1) is 9.61. The summed E-state index contributed by atoms with van der Waals surface area (Å²) in [7, 11) is 0. The minimum absolute atomic E-state index is 0.174. The van der Waals surface area contributed by atoms with Crippen LogP contribution in [0.3, 0.4) is 0 Å². The average molecular weight is 344 g/mol. The number of benzene rings is 1. The molecule has 0 spiro atoms. The first kappa shape index (κ1) is 15.4. The van der Waals surface area contributed by atoms with Crippen LogP contribution in [0.25, 0.3) is 0 Å². The van der Waals surface area contributed by atoms with Gasteiger partial charge in [0.15, 0.2) is 0 Å². The van der Waals surface area contributed by atoms with Crippen LogP contribution < -0.4 is 5.32 Å². The number of halogens is 2. The van der Waals surface area contributed by atoms with Crippen molar-refractivity contribution >= 4 is 21.8 Å². The Balaban J connectivity index is 1.92. The highest BCUT2D eigenvalue weighted by Gasteiger charge is 2.24. The number of hydrogen-bond donors (Lipinski definition) is 2. The topological polar surface area (TPSA) is 49.3 Å². The highest BCUT2D eigenvalue weighted by Crippen LogP contribution is 2.29. The summed E-state index contributed by atoms with van der Waals surface area (Å²) in [6, 6.07) is 4.35. The summed E-state index contributed by atoms with van der Waals surface area (Å²) in [5, 5.41) is 12.2. The van der Waals surface area contributed by atoms with E-state index in [-0.39, 0.29) is 18.4 Å². The van der Waals surface area contributed by atoms with Gasteiger partial charge in [-0.15, -0.1) is 0 Å². The van der Waals surface area contributed by atoms with Crippen LogP contribution in [0.15, 0.2) is 22.7 Å². The smallest absolute Gasteiger partial charge is 0.251 e. The predicted octanol–water partition coefficient (Wildman–Crippen LogP) is 3.12. The number of aliphatic hydroxyl groups is 1. The lowest BCUT2D eigenvalue weighted by Crippen LogP contribution is -2.35. The Morgan fingerprint density at radius 2 is 2.05 bits per heavy atom. The zero-order valence-electron chi connectivity index (χ0n) is 11.2. The average Bonchev–Trinajstić information content (AvgIpc) is 2.47. The molecule has 1 aliphatic carbocycles. The molecule has 1 aromatic rings. The van der Waals surface area contributed by atoms with Crippen molar-refractivity contribution in [1.29, 1.82) is 0 Å². The van der Waals surface area contributed by atoms with E-state index in [1.165, 1.54) is 12.1 Å². The number of rotatable bonds is 4. The summed E-state index contributed by atoms with van der Waals surface area (Å²) in [5.41, 5.74) is 0.321. The third-order valence-electron chi connectivity index (χ3n) is 4.01. The van der Waals surface area contributed by atoms with Gasteiger partial charge >= 0.3 is 0 Å². The van der Waals surface area contributed by atoms with E-state index in [9.17, 15) is 14.3 Å². The Hall–Kier alpha value is -0.940. The molecule has 2 atom stereocenters. The standard InChI is InChI=1S/C15H19BrFNO2/c16-13-6-5-10(7-14(13)17)15(20)18-8-11-3-1-2-4-12(11)9-19/h5-7,11-12,19H,1-4,8-9H2,(H,18,20). The lowest BCUT2D eigenvalue weighted by Gasteiger charge is -2.30. The second kappa shape index (κ2) is 7.18. The molecule has 3 nitrogen and oxygen atoms in total. The summed E-state index contributed by atoms with van der Waals surface area (Å²) >= 11 is 3.06. The van der Waals surface area contributed by atoms with Crippen molar-refractivity contribution in [2.45, 2.75) is 25.7 Å². The fraction of sp³-hybridized carbons (Fsp3) is 0.533. The van der Waals surface area contributed by atoms with Gasteiger partial charge in [0.2, 0.25) is 0 Å². The number of amides is 1. The van der Waals surface area contributed by atoms with E-state index in [0.29, 0.717) is 22.5 Å². The molecule has 1 aromatic carbocycles. The lowest BCUT2D eigenvalue weighted by molar-refractivity contribution is 0.0909. The van der Waals surface area contributed by atoms with Crippen molar-refractivity contribution in [1.82, 2.24) is 5.32 Å². The molecular formula is C15H19BrFNO2. The summed E-state index contributed by atoms with van der Waals surface area (Å²) in [6.45, 7) is 0.717. The van der Waals surface area contributed by atoms with E-state index in [2.05, 4.69) is 21.2 Å². The van der Waals surface area contributed by atoms with Crippen LogP contribution in [0.4, 0.5) is 4.39 Å². The van der Waals surface area contributed by atoms with Gasteiger partial charge in [-0.1, -0.05) is 12.8 Å². The lowest BCUT2D eigenvalue weighted by atomic mass is 9.79.